The van der Waals surface area contributed by atoms with Crippen LogP contribution in [0.25, 0.3) is 0 Å². The first-order valence-electron chi connectivity index (χ1n) is 28.5. The van der Waals surface area contributed by atoms with E-state index in [0.717, 1.165) is 65.4 Å². The van der Waals surface area contributed by atoms with E-state index in [2.05, 4.69) is 155 Å². The van der Waals surface area contributed by atoms with Gasteiger partial charge in [-0.1, -0.05) is 70.5 Å². The van der Waals surface area contributed by atoms with Crippen LogP contribution in [0.5, 0.6) is 0 Å². The van der Waals surface area contributed by atoms with Gasteiger partial charge in [-0.15, -0.1) is 23.2 Å². The molecule has 82 heavy (non-hydrogen) atoms. The average molecular weight is 1260 g/mol. The lowest BCUT2D eigenvalue weighted by Gasteiger charge is -2.42. The van der Waals surface area contributed by atoms with E-state index in [4.69, 9.17) is 42.1 Å². The SMILES string of the molecule is CC(C)(C)OC(=O)OC(=O)OC(C)(C)C.CC1CN(C(=O)OC(C)(C)C)CCN1.CC1CNCCN1.Cc1ccccc1Br.Cc1ccccc1N1CCN(C(=O)OC(C)(C)C)CC1C.Cc1ccccc1N1CCNCC1C.ClCCl. The summed E-state index contributed by atoms with van der Waals surface area (Å²) in [4.78, 5) is 54.2. The molecule has 3 aromatic carbocycles. The van der Waals surface area contributed by atoms with Gasteiger partial charge < -0.3 is 64.6 Å². The number of alkyl halides is 2. The monoisotopic (exact) mass is 1250 g/mol. The first-order valence-corrected chi connectivity index (χ1v) is 30.4. The first kappa shape index (κ1) is 75.5. The van der Waals surface area contributed by atoms with Crippen molar-refractivity contribution in [1.82, 2.24) is 31.1 Å². The van der Waals surface area contributed by atoms with E-state index in [1.54, 1.807) is 46.4 Å². The fraction of sp³-hybridized carbons (Fsp3) is 0.645. The second-order valence-electron chi connectivity index (χ2n) is 24.5. The molecule has 4 aliphatic rings. The summed E-state index contributed by atoms with van der Waals surface area (Å²) in [6.07, 6.45) is -2.53. The van der Waals surface area contributed by atoms with E-state index in [1.807, 2.05) is 64.6 Å². The minimum absolute atomic E-state index is 0.194. The van der Waals surface area contributed by atoms with Crippen LogP contribution in [0.2, 0.25) is 0 Å². The molecule has 0 spiro atoms. The molecule has 0 radical (unpaired) electrons. The molecule has 466 valence electrons. The Balaban J connectivity index is 0.000000501. The second-order valence-corrected chi connectivity index (χ2v) is 26.2. The van der Waals surface area contributed by atoms with E-state index in [0.29, 0.717) is 31.2 Å². The third-order valence-corrected chi connectivity index (χ3v) is 12.8. The number of halogens is 3. The van der Waals surface area contributed by atoms with Gasteiger partial charge in [-0.3, -0.25) is 0 Å². The Kier molecular flexibility index (Phi) is 34.7. The fourth-order valence-corrected chi connectivity index (χ4v) is 8.45. The number of nitrogens with zero attached hydrogens (tertiary/aromatic N) is 4. The number of carbonyl (C=O) groups excluding carboxylic acids is 4. The van der Waals surface area contributed by atoms with Gasteiger partial charge in [0.05, 0.1) is 5.34 Å². The Morgan fingerprint density at radius 3 is 1.27 bits per heavy atom. The summed E-state index contributed by atoms with van der Waals surface area (Å²) < 4.78 is 25.7. The van der Waals surface area contributed by atoms with Crippen LogP contribution in [0.15, 0.2) is 77.3 Å². The van der Waals surface area contributed by atoms with Crippen LogP contribution in [0.3, 0.4) is 0 Å². The highest BCUT2D eigenvalue weighted by Gasteiger charge is 2.31. The number of benzene rings is 3. The third-order valence-electron chi connectivity index (χ3n) is 11.9. The smallest absolute Gasteiger partial charge is 0.444 e. The van der Waals surface area contributed by atoms with Crippen molar-refractivity contribution in [1.29, 1.82) is 0 Å². The molecule has 4 N–H and O–H groups in total. The maximum atomic E-state index is 12.2. The molecule has 0 aliphatic carbocycles. The second kappa shape index (κ2) is 37.7. The number of hydrogen-bond donors (Lipinski definition) is 4. The van der Waals surface area contributed by atoms with E-state index in [-0.39, 0.29) is 23.6 Å². The first-order chi connectivity index (χ1) is 38.1. The van der Waals surface area contributed by atoms with Crippen molar-refractivity contribution in [3.05, 3.63) is 94.0 Å². The molecule has 4 heterocycles. The molecule has 7 rings (SSSR count). The van der Waals surface area contributed by atoms with Crippen LogP contribution in [-0.4, -0.2) is 165 Å². The van der Waals surface area contributed by atoms with Crippen molar-refractivity contribution in [3.63, 3.8) is 0 Å². The molecule has 4 saturated heterocycles. The summed E-state index contributed by atoms with van der Waals surface area (Å²) in [5, 5.41) is 13.5. The molecule has 4 fully saturated rings. The zero-order valence-corrected chi connectivity index (χ0v) is 56.1. The number of nitrogens with one attached hydrogen (secondary N) is 4. The Bertz CT molecular complexity index is 2270. The van der Waals surface area contributed by atoms with Crippen molar-refractivity contribution in [2.24, 2.45) is 0 Å². The zero-order chi connectivity index (χ0) is 62.4. The van der Waals surface area contributed by atoms with E-state index in [9.17, 15) is 19.2 Å². The largest absolute Gasteiger partial charge is 0.519 e. The molecule has 4 aliphatic heterocycles. The number of piperazine rings is 4. The number of amides is 2. The number of ether oxygens (including phenoxy) is 5. The Hall–Kier alpha value is -4.56. The summed E-state index contributed by atoms with van der Waals surface area (Å²) in [5.41, 5.74) is 4.36. The van der Waals surface area contributed by atoms with Crippen LogP contribution in [0.4, 0.5) is 30.6 Å². The van der Waals surface area contributed by atoms with Gasteiger partial charge in [0.2, 0.25) is 0 Å². The fourth-order valence-electron chi connectivity index (χ4n) is 8.16. The molecule has 4 atom stereocenters. The van der Waals surface area contributed by atoms with E-state index in [1.165, 1.54) is 32.5 Å². The van der Waals surface area contributed by atoms with Gasteiger partial charge in [0.15, 0.2) is 0 Å². The van der Waals surface area contributed by atoms with Gasteiger partial charge >= 0.3 is 24.5 Å². The molecule has 0 saturated carbocycles. The summed E-state index contributed by atoms with van der Waals surface area (Å²) in [6.45, 7) is 47.7. The third kappa shape index (κ3) is 34.3. The molecule has 0 aromatic heterocycles. The molecular formula is C62H103BrCl2N8O9. The summed E-state index contributed by atoms with van der Waals surface area (Å²) >= 11 is 12.9. The Morgan fingerprint density at radius 1 is 0.500 bits per heavy atom. The number of rotatable bonds is 2. The van der Waals surface area contributed by atoms with Gasteiger partial charge in [0.1, 0.15) is 22.4 Å². The molecule has 0 bridgehead atoms. The van der Waals surface area contributed by atoms with Gasteiger partial charge in [-0.2, -0.15) is 0 Å². The maximum absolute atomic E-state index is 12.2. The average Bonchev–Trinajstić information content (AvgIpc) is 3.51. The lowest BCUT2D eigenvalue weighted by Crippen LogP contribution is -2.54. The number of aryl methyl sites for hydroxylation is 3. The van der Waals surface area contributed by atoms with E-state index < -0.39 is 34.7 Å². The summed E-state index contributed by atoms with van der Waals surface area (Å²) in [5.74, 6) is 0. The van der Waals surface area contributed by atoms with Crippen LogP contribution >= 0.6 is 39.1 Å². The molecule has 4 unspecified atom stereocenters. The molecule has 3 aromatic rings. The minimum Gasteiger partial charge on any atom is -0.444 e. The van der Waals surface area contributed by atoms with Crippen molar-refractivity contribution < 1.29 is 42.9 Å². The topological polar surface area (TPSA) is 176 Å². The van der Waals surface area contributed by atoms with Crippen LogP contribution in [0.1, 0.15) is 127 Å². The maximum Gasteiger partial charge on any atom is 0.519 e. The van der Waals surface area contributed by atoms with Crippen molar-refractivity contribution >= 4 is 75.0 Å². The Labute approximate surface area is 512 Å². The normalized spacial score (nSPS) is 19.0. The van der Waals surface area contributed by atoms with Crippen LogP contribution in [0, 0.1) is 20.8 Å². The highest BCUT2D eigenvalue weighted by Crippen LogP contribution is 2.26. The number of para-hydroxylation sites is 2. The van der Waals surface area contributed by atoms with Crippen LogP contribution < -0.4 is 31.1 Å². The number of hydrogen-bond acceptors (Lipinski definition) is 15. The standard InChI is InChI=1S/C17H26N2O2.C12H18N2.C10H20N2O2.C10H18O5.C7H7Br.C5H12N2.CH2Cl2/c1-13-8-6-7-9-15(13)19-11-10-18(12-14(19)2)16(20)21-17(3,4)5;1-10-5-3-4-6-12(10)14-8-7-13-9-11(14)2;1-8-7-12(6-5-11-8)9(13)14-10(2,3)4;1-9(2,3)14-7(11)13-8(12)15-10(4,5)6;1-6-4-2-3-5-7(6)8;1-5-4-6-2-3-7-5;2-1-3/h6-9,14H,10-12H2,1-5H3;3-6,11,13H,7-9H2,1-2H3;8,11H,5-7H2,1-4H3;1-6H3;2-5H,1H3;5-7H,2-4H2,1H3;1H2. The molecule has 20 heteroatoms. The predicted molar refractivity (Wildman–Crippen MR) is 341 cm³/mol. The minimum atomic E-state index is -1.06. The summed E-state index contributed by atoms with van der Waals surface area (Å²) in [6, 6.07) is 27.1. The molecule has 17 nitrogen and oxygen atoms in total. The predicted octanol–water partition coefficient (Wildman–Crippen LogP) is 13.1. The number of carbonyl (C=O) groups is 4. The zero-order valence-electron chi connectivity index (χ0n) is 53.0. The van der Waals surface area contributed by atoms with Gasteiger partial charge in [0, 0.05) is 119 Å². The lowest BCUT2D eigenvalue weighted by molar-refractivity contribution is -0.0294. The van der Waals surface area contributed by atoms with Crippen LogP contribution in [-0.2, 0) is 23.7 Å². The van der Waals surface area contributed by atoms with Crippen molar-refractivity contribution in [2.45, 2.75) is 178 Å². The van der Waals surface area contributed by atoms with Crippen molar-refractivity contribution in [3.8, 4) is 0 Å². The number of anilines is 2. The van der Waals surface area contributed by atoms with Gasteiger partial charge in [0.25, 0.3) is 0 Å². The Morgan fingerprint density at radius 2 is 0.915 bits per heavy atom. The van der Waals surface area contributed by atoms with Gasteiger partial charge in [-0.25, -0.2) is 19.2 Å². The highest BCUT2D eigenvalue weighted by atomic mass is 79.9. The molecule has 2 amide bonds. The van der Waals surface area contributed by atoms with E-state index >= 15 is 0 Å². The quantitative estimate of drug-likeness (QED) is 0.0825. The highest BCUT2D eigenvalue weighted by molar-refractivity contribution is 9.10. The van der Waals surface area contributed by atoms with Crippen molar-refractivity contribution in [2.75, 3.05) is 93.7 Å². The molecular weight excluding hydrogens is 1150 g/mol. The van der Waals surface area contributed by atoms with Gasteiger partial charge in [-0.05, 0) is 166 Å². The summed E-state index contributed by atoms with van der Waals surface area (Å²) in [7, 11) is 0. The lowest BCUT2D eigenvalue weighted by atomic mass is 10.1.